The van der Waals surface area contributed by atoms with Crippen LogP contribution in [-0.2, 0) is 0 Å². The van der Waals surface area contributed by atoms with Crippen LogP contribution in [0.2, 0.25) is 0 Å². The molecule has 1 aliphatic rings. The maximum absolute atomic E-state index is 5.99. The van der Waals surface area contributed by atoms with Crippen molar-refractivity contribution >= 4 is 53.5 Å². The number of guanidine groups is 1. The van der Waals surface area contributed by atoms with E-state index in [1.807, 2.05) is 29.6 Å². The van der Waals surface area contributed by atoms with Crippen molar-refractivity contribution < 1.29 is 0 Å². The van der Waals surface area contributed by atoms with Gasteiger partial charge in [0.1, 0.15) is 0 Å². The first-order valence-electron chi connectivity index (χ1n) is 6.17. The van der Waals surface area contributed by atoms with E-state index in [1.54, 1.807) is 0 Å². The van der Waals surface area contributed by atoms with Gasteiger partial charge in [-0.05, 0) is 12.1 Å². The molecule has 1 aromatic rings. The molecule has 1 saturated heterocycles. The second-order valence-electron chi connectivity index (χ2n) is 4.00. The Hall–Kier alpha value is -0.0800. The summed E-state index contributed by atoms with van der Waals surface area (Å²) in [4.78, 5) is 7.93. The summed E-state index contributed by atoms with van der Waals surface area (Å²) >= 11 is 3.81. The number of hydrogen-bond donors (Lipinski definition) is 1. The van der Waals surface area contributed by atoms with Crippen LogP contribution in [0.15, 0.2) is 40.2 Å². The van der Waals surface area contributed by atoms with Gasteiger partial charge in [-0.15, -0.1) is 35.7 Å². The van der Waals surface area contributed by atoms with E-state index in [0.717, 1.165) is 36.9 Å². The summed E-state index contributed by atoms with van der Waals surface area (Å²) < 4.78 is 0. The number of benzene rings is 1. The van der Waals surface area contributed by atoms with Crippen molar-refractivity contribution in [2.75, 3.05) is 36.9 Å². The Balaban J connectivity index is 0.00000180. The topological polar surface area (TPSA) is 41.6 Å². The van der Waals surface area contributed by atoms with Gasteiger partial charge in [0.25, 0.3) is 0 Å². The van der Waals surface area contributed by atoms with E-state index in [4.69, 9.17) is 5.73 Å². The fourth-order valence-electron chi connectivity index (χ4n) is 1.73. The Morgan fingerprint density at radius 3 is 2.63 bits per heavy atom. The van der Waals surface area contributed by atoms with Gasteiger partial charge in [-0.3, -0.25) is 4.99 Å². The van der Waals surface area contributed by atoms with Crippen LogP contribution in [0.3, 0.4) is 0 Å². The van der Waals surface area contributed by atoms with Crippen molar-refractivity contribution in [1.82, 2.24) is 4.90 Å². The molecule has 19 heavy (non-hydrogen) atoms. The van der Waals surface area contributed by atoms with E-state index in [0.29, 0.717) is 5.96 Å². The third kappa shape index (κ3) is 6.27. The maximum Gasteiger partial charge on any atom is 0.191 e. The molecule has 0 aliphatic carbocycles. The number of halogens is 1. The van der Waals surface area contributed by atoms with Crippen LogP contribution >= 0.6 is 47.5 Å². The third-order valence-electron chi connectivity index (χ3n) is 2.71. The summed E-state index contributed by atoms with van der Waals surface area (Å²) in [5.74, 6) is 4.01. The lowest BCUT2D eigenvalue weighted by atomic mass is 10.4. The van der Waals surface area contributed by atoms with Crippen LogP contribution in [0.1, 0.15) is 0 Å². The average molecular weight is 409 g/mol. The van der Waals surface area contributed by atoms with Gasteiger partial charge in [-0.25, -0.2) is 0 Å². The number of nitrogens with two attached hydrogens (primary N) is 1. The molecule has 0 amide bonds. The zero-order valence-electron chi connectivity index (χ0n) is 10.8. The lowest BCUT2D eigenvalue weighted by Crippen LogP contribution is -2.42. The number of nitrogens with zero attached hydrogens (tertiary/aromatic N) is 2. The van der Waals surface area contributed by atoms with Gasteiger partial charge in [0.2, 0.25) is 0 Å². The molecule has 1 aromatic carbocycles. The molecule has 0 unspecified atom stereocenters. The summed E-state index contributed by atoms with van der Waals surface area (Å²) in [7, 11) is 0. The minimum absolute atomic E-state index is 0. The Kier molecular flexibility index (Phi) is 8.72. The van der Waals surface area contributed by atoms with Crippen molar-refractivity contribution in [2.45, 2.75) is 4.90 Å². The lowest BCUT2D eigenvalue weighted by Gasteiger charge is -2.27. The van der Waals surface area contributed by atoms with Gasteiger partial charge in [0.05, 0.1) is 6.54 Å². The van der Waals surface area contributed by atoms with Gasteiger partial charge in [0.15, 0.2) is 5.96 Å². The number of thioether (sulfide) groups is 2. The van der Waals surface area contributed by atoms with Crippen molar-refractivity contribution in [3.8, 4) is 0 Å². The number of rotatable bonds is 4. The quantitative estimate of drug-likeness (QED) is 0.273. The summed E-state index contributed by atoms with van der Waals surface area (Å²) in [6, 6.07) is 10.4. The molecule has 6 heteroatoms. The Labute approximate surface area is 140 Å². The van der Waals surface area contributed by atoms with Crippen LogP contribution in [0.25, 0.3) is 0 Å². The average Bonchev–Trinajstić information content (AvgIpc) is 2.45. The predicted molar refractivity (Wildman–Crippen MR) is 98.0 cm³/mol. The molecule has 0 spiro atoms. The van der Waals surface area contributed by atoms with Crippen molar-refractivity contribution in [1.29, 1.82) is 0 Å². The van der Waals surface area contributed by atoms with Gasteiger partial charge in [-0.2, -0.15) is 11.8 Å². The third-order valence-corrected chi connectivity index (χ3v) is 4.65. The normalized spacial score (nSPS) is 16.0. The van der Waals surface area contributed by atoms with Gasteiger partial charge >= 0.3 is 0 Å². The molecule has 0 radical (unpaired) electrons. The smallest absolute Gasteiger partial charge is 0.191 e. The molecule has 106 valence electrons. The first-order valence-corrected chi connectivity index (χ1v) is 8.31. The summed E-state index contributed by atoms with van der Waals surface area (Å²) in [6.45, 7) is 2.85. The highest BCUT2D eigenvalue weighted by molar-refractivity contribution is 14.0. The zero-order chi connectivity index (χ0) is 12.6. The molecule has 0 saturated carbocycles. The first-order chi connectivity index (χ1) is 8.86. The molecule has 1 heterocycles. The minimum atomic E-state index is 0. The number of aliphatic imine (C=N–C) groups is 1. The first kappa shape index (κ1) is 17.0. The Morgan fingerprint density at radius 1 is 1.26 bits per heavy atom. The summed E-state index contributed by atoms with van der Waals surface area (Å²) in [5, 5.41) is 0. The second-order valence-corrected chi connectivity index (χ2v) is 6.39. The number of hydrogen-bond acceptors (Lipinski definition) is 3. The van der Waals surface area contributed by atoms with Crippen molar-refractivity contribution in [3.05, 3.63) is 30.3 Å². The van der Waals surface area contributed by atoms with E-state index in [9.17, 15) is 0 Å². The molecule has 2 rings (SSSR count). The highest BCUT2D eigenvalue weighted by Gasteiger charge is 2.11. The molecule has 3 nitrogen and oxygen atoms in total. The molecular weight excluding hydrogens is 389 g/mol. The summed E-state index contributed by atoms with van der Waals surface area (Å²) in [6.07, 6.45) is 0. The fraction of sp³-hybridized carbons (Fsp3) is 0.462. The van der Waals surface area contributed by atoms with Crippen LogP contribution in [0.4, 0.5) is 0 Å². The molecule has 0 atom stereocenters. The van der Waals surface area contributed by atoms with E-state index in [-0.39, 0.29) is 24.0 Å². The van der Waals surface area contributed by atoms with Crippen LogP contribution in [-0.4, -0.2) is 47.8 Å². The van der Waals surface area contributed by atoms with Gasteiger partial charge in [0, 0.05) is 35.2 Å². The van der Waals surface area contributed by atoms with E-state index < -0.39 is 0 Å². The maximum atomic E-state index is 5.99. The van der Waals surface area contributed by atoms with Crippen molar-refractivity contribution in [3.63, 3.8) is 0 Å². The second kappa shape index (κ2) is 9.77. The van der Waals surface area contributed by atoms with Gasteiger partial charge in [-0.1, -0.05) is 18.2 Å². The standard InChI is InChI=1S/C13H19N3S2.HI/c14-13(16-7-10-17-11-8-16)15-6-9-18-12-4-2-1-3-5-12;/h1-5H,6-11H2,(H2,14,15);1H. The largest absolute Gasteiger partial charge is 0.370 e. The molecule has 0 aromatic heterocycles. The SMILES string of the molecule is I.NC(=NCCSc1ccccc1)N1CCSCC1. The van der Waals surface area contributed by atoms with E-state index >= 15 is 0 Å². The molecular formula is C13H20IN3S2. The van der Waals surface area contributed by atoms with Crippen molar-refractivity contribution in [2.24, 2.45) is 10.7 Å². The van der Waals surface area contributed by atoms with Crippen LogP contribution in [0.5, 0.6) is 0 Å². The Bertz CT molecular complexity index is 381. The van der Waals surface area contributed by atoms with E-state index in [2.05, 4.69) is 34.2 Å². The van der Waals surface area contributed by atoms with Crippen LogP contribution in [0, 0.1) is 0 Å². The predicted octanol–water partition coefficient (Wildman–Crippen LogP) is 2.76. The van der Waals surface area contributed by atoms with Crippen LogP contribution < -0.4 is 5.73 Å². The Morgan fingerprint density at radius 2 is 1.95 bits per heavy atom. The molecule has 1 aliphatic heterocycles. The molecule has 2 N–H and O–H groups in total. The minimum Gasteiger partial charge on any atom is -0.370 e. The lowest BCUT2D eigenvalue weighted by molar-refractivity contribution is 0.456. The zero-order valence-corrected chi connectivity index (χ0v) is 14.8. The highest BCUT2D eigenvalue weighted by atomic mass is 127. The molecule has 1 fully saturated rings. The summed E-state index contributed by atoms with van der Waals surface area (Å²) in [5.41, 5.74) is 5.99. The van der Waals surface area contributed by atoms with E-state index in [1.165, 1.54) is 4.90 Å². The van der Waals surface area contributed by atoms with Gasteiger partial charge < -0.3 is 10.6 Å². The highest BCUT2D eigenvalue weighted by Crippen LogP contribution is 2.16. The molecule has 0 bridgehead atoms. The monoisotopic (exact) mass is 409 g/mol. The fourth-order valence-corrected chi connectivity index (χ4v) is 3.40.